The number of nitrogens with one attached hydrogen (secondary N) is 1. The maximum atomic E-state index is 13.2. The summed E-state index contributed by atoms with van der Waals surface area (Å²) in [7, 11) is 0. The van der Waals surface area contributed by atoms with Crippen molar-refractivity contribution in [1.82, 2.24) is 4.98 Å². The van der Waals surface area contributed by atoms with Gasteiger partial charge in [-0.1, -0.05) is 18.2 Å². The number of anilines is 1. The van der Waals surface area contributed by atoms with E-state index < -0.39 is 22.3 Å². The normalized spacial score (nSPS) is 10.3. The summed E-state index contributed by atoms with van der Waals surface area (Å²) in [5.41, 5.74) is 1.36. The molecular formula is C18H12FN3O3. The van der Waals surface area contributed by atoms with E-state index >= 15 is 0 Å². The largest absolute Gasteiger partial charge is 0.316 e. The summed E-state index contributed by atoms with van der Waals surface area (Å²) in [6.07, 6.45) is 1.67. The number of nitro groups is 1. The van der Waals surface area contributed by atoms with E-state index in [0.717, 1.165) is 29.5 Å². The summed E-state index contributed by atoms with van der Waals surface area (Å²) in [6.45, 7) is 0. The Bertz CT molecular complexity index is 928. The molecule has 0 bridgehead atoms. The van der Waals surface area contributed by atoms with Gasteiger partial charge in [0.1, 0.15) is 11.5 Å². The quantitative estimate of drug-likeness (QED) is 0.575. The number of amides is 1. The summed E-state index contributed by atoms with van der Waals surface area (Å²) in [4.78, 5) is 26.7. The van der Waals surface area contributed by atoms with Gasteiger partial charge in [0.15, 0.2) is 0 Å². The summed E-state index contributed by atoms with van der Waals surface area (Å²) < 4.78 is 13.2. The van der Waals surface area contributed by atoms with Gasteiger partial charge in [-0.3, -0.25) is 19.9 Å². The van der Waals surface area contributed by atoms with Crippen molar-refractivity contribution < 1.29 is 14.1 Å². The van der Waals surface area contributed by atoms with E-state index in [1.54, 1.807) is 36.5 Å². The van der Waals surface area contributed by atoms with Crippen LogP contribution >= 0.6 is 0 Å². The van der Waals surface area contributed by atoms with E-state index in [4.69, 9.17) is 0 Å². The Hall–Kier alpha value is -3.61. The second-order valence-electron chi connectivity index (χ2n) is 5.17. The van der Waals surface area contributed by atoms with Crippen molar-refractivity contribution in [3.63, 3.8) is 0 Å². The SMILES string of the molecule is O=C(Nc1ccc(F)cc1[N+](=O)[O-])c1ccc(-c2ccccn2)cc1. The predicted molar refractivity (Wildman–Crippen MR) is 90.7 cm³/mol. The molecule has 0 saturated carbocycles. The van der Waals surface area contributed by atoms with Gasteiger partial charge in [0.05, 0.1) is 16.7 Å². The van der Waals surface area contributed by atoms with E-state index in [1.807, 2.05) is 12.1 Å². The molecular weight excluding hydrogens is 325 g/mol. The van der Waals surface area contributed by atoms with Gasteiger partial charge in [0, 0.05) is 17.3 Å². The third-order valence-corrected chi connectivity index (χ3v) is 3.51. The third kappa shape index (κ3) is 3.66. The highest BCUT2D eigenvalue weighted by atomic mass is 19.1. The van der Waals surface area contributed by atoms with Crippen molar-refractivity contribution in [2.45, 2.75) is 0 Å². The van der Waals surface area contributed by atoms with Crippen molar-refractivity contribution >= 4 is 17.3 Å². The standard InChI is InChI=1S/C18H12FN3O3/c19-14-8-9-16(17(11-14)22(24)25)21-18(23)13-6-4-12(5-7-13)15-3-1-2-10-20-15/h1-11H,(H,21,23). The van der Waals surface area contributed by atoms with E-state index in [2.05, 4.69) is 10.3 Å². The molecule has 124 valence electrons. The molecule has 1 amide bonds. The molecule has 1 heterocycles. The molecule has 0 aliphatic heterocycles. The van der Waals surface area contributed by atoms with Gasteiger partial charge in [-0.2, -0.15) is 0 Å². The maximum Gasteiger partial charge on any atom is 0.295 e. The van der Waals surface area contributed by atoms with Crippen LogP contribution in [0.15, 0.2) is 66.9 Å². The van der Waals surface area contributed by atoms with Crippen molar-refractivity contribution in [2.75, 3.05) is 5.32 Å². The van der Waals surface area contributed by atoms with Crippen LogP contribution in [0.25, 0.3) is 11.3 Å². The first-order chi connectivity index (χ1) is 12.0. The van der Waals surface area contributed by atoms with E-state index in [0.29, 0.717) is 5.56 Å². The second-order valence-corrected chi connectivity index (χ2v) is 5.17. The number of pyridine rings is 1. The Kier molecular flexibility index (Phi) is 4.47. The molecule has 0 radical (unpaired) electrons. The van der Waals surface area contributed by atoms with Gasteiger partial charge < -0.3 is 5.32 Å². The van der Waals surface area contributed by atoms with Gasteiger partial charge in [-0.25, -0.2) is 4.39 Å². The van der Waals surface area contributed by atoms with Gasteiger partial charge >= 0.3 is 0 Å². The van der Waals surface area contributed by atoms with E-state index in [-0.39, 0.29) is 5.69 Å². The highest BCUT2D eigenvalue weighted by Crippen LogP contribution is 2.26. The second kappa shape index (κ2) is 6.88. The van der Waals surface area contributed by atoms with Gasteiger partial charge in [0.2, 0.25) is 0 Å². The molecule has 0 aliphatic carbocycles. The summed E-state index contributed by atoms with van der Waals surface area (Å²) in [5.74, 6) is -1.27. The van der Waals surface area contributed by atoms with Crippen molar-refractivity contribution in [3.05, 3.63) is 88.4 Å². The molecule has 1 aromatic heterocycles. The minimum Gasteiger partial charge on any atom is -0.316 e. The smallest absolute Gasteiger partial charge is 0.295 e. The highest BCUT2D eigenvalue weighted by molar-refractivity contribution is 6.05. The number of halogens is 1. The number of rotatable bonds is 4. The summed E-state index contributed by atoms with van der Waals surface area (Å²) >= 11 is 0. The number of benzene rings is 2. The number of nitro benzene ring substituents is 1. The first kappa shape index (κ1) is 16.3. The van der Waals surface area contributed by atoms with Crippen LogP contribution in [0, 0.1) is 15.9 Å². The molecule has 0 aliphatic rings. The van der Waals surface area contributed by atoms with Crippen molar-refractivity contribution in [1.29, 1.82) is 0 Å². The molecule has 3 aromatic rings. The number of hydrogen-bond donors (Lipinski definition) is 1. The maximum absolute atomic E-state index is 13.2. The predicted octanol–water partition coefficient (Wildman–Crippen LogP) is 4.05. The van der Waals surface area contributed by atoms with Crippen LogP contribution in [0.3, 0.4) is 0 Å². The van der Waals surface area contributed by atoms with Crippen LogP contribution in [0.1, 0.15) is 10.4 Å². The zero-order chi connectivity index (χ0) is 17.8. The molecule has 7 heteroatoms. The van der Waals surface area contributed by atoms with Crippen LogP contribution < -0.4 is 5.32 Å². The lowest BCUT2D eigenvalue weighted by Crippen LogP contribution is -2.13. The lowest BCUT2D eigenvalue weighted by Gasteiger charge is -2.07. The monoisotopic (exact) mass is 337 g/mol. The van der Waals surface area contributed by atoms with Gasteiger partial charge in [-0.05, 0) is 36.4 Å². The van der Waals surface area contributed by atoms with Crippen LogP contribution in [-0.2, 0) is 0 Å². The zero-order valence-electron chi connectivity index (χ0n) is 12.8. The fraction of sp³-hybridized carbons (Fsp3) is 0. The number of carbonyl (C=O) groups excluding carboxylic acids is 1. The fourth-order valence-electron chi connectivity index (χ4n) is 2.28. The topological polar surface area (TPSA) is 85.1 Å². The fourth-order valence-corrected chi connectivity index (χ4v) is 2.28. The Morgan fingerprint density at radius 3 is 2.48 bits per heavy atom. The first-order valence-electron chi connectivity index (χ1n) is 7.31. The molecule has 0 fully saturated rings. The number of aromatic nitrogens is 1. The minimum atomic E-state index is -0.747. The Morgan fingerprint density at radius 1 is 1.08 bits per heavy atom. The first-order valence-corrected chi connectivity index (χ1v) is 7.31. The molecule has 0 saturated heterocycles. The van der Waals surface area contributed by atoms with Gasteiger partial charge in [0.25, 0.3) is 11.6 Å². The molecule has 3 rings (SSSR count). The number of hydrogen-bond acceptors (Lipinski definition) is 4. The zero-order valence-corrected chi connectivity index (χ0v) is 12.8. The third-order valence-electron chi connectivity index (χ3n) is 3.51. The molecule has 25 heavy (non-hydrogen) atoms. The van der Waals surface area contributed by atoms with Crippen LogP contribution in [0.5, 0.6) is 0 Å². The Morgan fingerprint density at radius 2 is 1.84 bits per heavy atom. The van der Waals surface area contributed by atoms with Crippen LogP contribution in [0.4, 0.5) is 15.8 Å². The highest BCUT2D eigenvalue weighted by Gasteiger charge is 2.17. The molecule has 2 aromatic carbocycles. The van der Waals surface area contributed by atoms with E-state index in [9.17, 15) is 19.3 Å². The lowest BCUT2D eigenvalue weighted by molar-refractivity contribution is -0.384. The summed E-state index contributed by atoms with van der Waals surface area (Å²) in [6, 6.07) is 15.1. The summed E-state index contributed by atoms with van der Waals surface area (Å²) in [5, 5.41) is 13.4. The lowest BCUT2D eigenvalue weighted by atomic mass is 10.1. The molecule has 1 N–H and O–H groups in total. The Balaban J connectivity index is 1.82. The van der Waals surface area contributed by atoms with Crippen LogP contribution in [0.2, 0.25) is 0 Å². The number of nitrogens with zero attached hydrogens (tertiary/aromatic N) is 2. The average molecular weight is 337 g/mol. The molecule has 6 nitrogen and oxygen atoms in total. The molecule has 0 spiro atoms. The van der Waals surface area contributed by atoms with Crippen LogP contribution in [-0.4, -0.2) is 15.8 Å². The van der Waals surface area contributed by atoms with Gasteiger partial charge in [-0.15, -0.1) is 0 Å². The molecule has 0 atom stereocenters. The Labute approximate surface area is 142 Å². The van der Waals surface area contributed by atoms with Crippen molar-refractivity contribution in [2.24, 2.45) is 0 Å². The molecule has 0 unspecified atom stereocenters. The average Bonchev–Trinajstić information content (AvgIpc) is 2.64. The minimum absolute atomic E-state index is 0.0646. The number of carbonyl (C=O) groups is 1. The van der Waals surface area contributed by atoms with E-state index in [1.165, 1.54) is 0 Å². The van der Waals surface area contributed by atoms with Crippen molar-refractivity contribution in [3.8, 4) is 11.3 Å².